The molecule has 80 valence electrons. The topological polar surface area (TPSA) is 17.1 Å². The van der Waals surface area contributed by atoms with Gasteiger partial charge in [0.1, 0.15) is 0 Å². The molecule has 16 heavy (non-hydrogen) atoms. The van der Waals surface area contributed by atoms with Gasteiger partial charge in [-0.1, -0.05) is 24.3 Å². The summed E-state index contributed by atoms with van der Waals surface area (Å²) in [5.74, 6) is 0.100. The third kappa shape index (κ3) is 1.41. The Morgan fingerprint density at radius 3 is 2.75 bits per heavy atom. The summed E-state index contributed by atoms with van der Waals surface area (Å²) in [5.41, 5.74) is 1.35. The first-order valence-corrected chi connectivity index (χ1v) is 6.35. The van der Waals surface area contributed by atoms with Crippen molar-refractivity contribution in [2.24, 2.45) is 5.41 Å². The van der Waals surface area contributed by atoms with Crippen LogP contribution in [0.15, 0.2) is 47.9 Å². The van der Waals surface area contributed by atoms with E-state index >= 15 is 0 Å². The van der Waals surface area contributed by atoms with Gasteiger partial charge in [-0.25, -0.2) is 0 Å². The van der Waals surface area contributed by atoms with Crippen molar-refractivity contribution in [3.8, 4) is 0 Å². The largest absolute Gasteiger partial charge is 0.290 e. The molecule has 1 spiro atoms. The van der Waals surface area contributed by atoms with Crippen LogP contribution < -0.4 is 0 Å². The van der Waals surface area contributed by atoms with Crippen molar-refractivity contribution in [3.05, 3.63) is 52.8 Å². The van der Waals surface area contributed by atoms with Crippen LogP contribution in [0.4, 0.5) is 0 Å². The van der Waals surface area contributed by atoms with Gasteiger partial charge < -0.3 is 0 Å². The van der Waals surface area contributed by atoms with Crippen LogP contribution in [0.5, 0.6) is 0 Å². The molecule has 0 bridgehead atoms. The molecule has 0 aliphatic heterocycles. The van der Waals surface area contributed by atoms with Crippen LogP contribution in [0, 0.1) is 5.41 Å². The van der Waals surface area contributed by atoms with Gasteiger partial charge in [0.2, 0.25) is 0 Å². The fraction of sp³-hybridized carbons (Fsp3) is 0.214. The molecule has 0 unspecified atom stereocenters. The Morgan fingerprint density at radius 1 is 1.25 bits per heavy atom. The molecule has 0 fully saturated rings. The van der Waals surface area contributed by atoms with Crippen molar-refractivity contribution in [1.82, 2.24) is 0 Å². The lowest BCUT2D eigenvalue weighted by atomic mass is 9.77. The molecule has 0 N–H and O–H groups in total. The lowest BCUT2D eigenvalue weighted by molar-refractivity contribution is -0.110. The quantitative estimate of drug-likeness (QED) is 0.717. The minimum atomic E-state index is -0.0151. The number of thiophene rings is 1. The molecule has 2 heteroatoms. The van der Waals surface area contributed by atoms with Crippen LogP contribution in [0.25, 0.3) is 5.57 Å². The Hall–Kier alpha value is -1.41. The van der Waals surface area contributed by atoms with Gasteiger partial charge in [-0.05, 0) is 42.0 Å². The molecule has 2 aliphatic rings. The predicted molar refractivity (Wildman–Crippen MR) is 67.3 cm³/mol. The maximum atomic E-state index is 11.2. The summed E-state index contributed by atoms with van der Waals surface area (Å²) < 4.78 is 0. The van der Waals surface area contributed by atoms with E-state index < -0.39 is 0 Å². The van der Waals surface area contributed by atoms with E-state index in [0.717, 1.165) is 12.8 Å². The molecule has 0 aromatic carbocycles. The Morgan fingerprint density at radius 2 is 2.06 bits per heavy atom. The van der Waals surface area contributed by atoms with Gasteiger partial charge in [-0.2, -0.15) is 0 Å². The summed E-state index contributed by atoms with van der Waals surface area (Å²) in [4.78, 5) is 12.5. The lowest BCUT2D eigenvalue weighted by Crippen LogP contribution is -2.16. The first-order chi connectivity index (χ1) is 7.80. The summed E-state index contributed by atoms with van der Waals surface area (Å²) >= 11 is 1.77. The van der Waals surface area contributed by atoms with E-state index in [-0.39, 0.29) is 11.2 Å². The molecular formula is C14H12OS. The van der Waals surface area contributed by atoms with Crippen molar-refractivity contribution in [3.63, 3.8) is 0 Å². The maximum absolute atomic E-state index is 11.2. The van der Waals surface area contributed by atoms with Crippen LogP contribution in [0.2, 0.25) is 0 Å². The molecule has 0 saturated carbocycles. The first kappa shape index (κ1) is 9.79. The Bertz CT molecular complexity index is 487. The van der Waals surface area contributed by atoms with Crippen LogP contribution in [0.3, 0.4) is 0 Å². The standard InChI is InChI=1S/C14H12OS/c15-11-5-8-14(9-6-11)7-1-3-12(14)13-4-2-10-16-13/h2-6,8-10H,1,7H2. The molecule has 0 amide bonds. The molecule has 2 aliphatic carbocycles. The third-order valence-corrected chi connectivity index (χ3v) is 4.19. The molecule has 0 atom stereocenters. The number of carbonyl (C=O) groups is 1. The highest BCUT2D eigenvalue weighted by molar-refractivity contribution is 7.11. The average Bonchev–Trinajstić information content (AvgIpc) is 2.92. The molecule has 1 heterocycles. The second-order valence-electron chi connectivity index (χ2n) is 4.24. The van der Waals surface area contributed by atoms with E-state index in [1.54, 1.807) is 23.5 Å². The Balaban J connectivity index is 2.04. The third-order valence-electron chi connectivity index (χ3n) is 3.28. The number of hydrogen-bond donors (Lipinski definition) is 0. The normalized spacial score (nSPS) is 21.8. The van der Waals surface area contributed by atoms with Crippen molar-refractivity contribution >= 4 is 22.7 Å². The van der Waals surface area contributed by atoms with E-state index in [9.17, 15) is 4.79 Å². The highest BCUT2D eigenvalue weighted by atomic mass is 32.1. The lowest BCUT2D eigenvalue weighted by Gasteiger charge is -2.26. The Kier molecular flexibility index (Phi) is 2.18. The van der Waals surface area contributed by atoms with Crippen LogP contribution in [-0.2, 0) is 4.79 Å². The monoisotopic (exact) mass is 228 g/mol. The highest BCUT2D eigenvalue weighted by Gasteiger charge is 2.35. The second-order valence-corrected chi connectivity index (χ2v) is 5.19. The van der Waals surface area contributed by atoms with E-state index in [4.69, 9.17) is 0 Å². The fourth-order valence-corrected chi connectivity index (χ4v) is 3.32. The number of rotatable bonds is 1. The average molecular weight is 228 g/mol. The van der Waals surface area contributed by atoms with Crippen molar-refractivity contribution < 1.29 is 4.79 Å². The van der Waals surface area contributed by atoms with Crippen molar-refractivity contribution in [2.75, 3.05) is 0 Å². The Labute approximate surface area is 98.8 Å². The smallest absolute Gasteiger partial charge is 0.178 e. The molecule has 3 rings (SSSR count). The van der Waals surface area contributed by atoms with E-state index in [0.29, 0.717) is 0 Å². The minimum Gasteiger partial charge on any atom is -0.290 e. The van der Waals surface area contributed by atoms with E-state index in [2.05, 4.69) is 35.7 Å². The molecular weight excluding hydrogens is 216 g/mol. The second kappa shape index (κ2) is 3.56. The van der Waals surface area contributed by atoms with Gasteiger partial charge in [0.05, 0.1) is 0 Å². The summed E-state index contributed by atoms with van der Waals surface area (Å²) in [6, 6.07) is 4.23. The number of ketones is 1. The van der Waals surface area contributed by atoms with Crippen molar-refractivity contribution in [1.29, 1.82) is 0 Å². The summed E-state index contributed by atoms with van der Waals surface area (Å²) in [7, 11) is 0. The van der Waals surface area contributed by atoms with Crippen LogP contribution in [0.1, 0.15) is 17.7 Å². The molecule has 0 radical (unpaired) electrons. The van der Waals surface area contributed by atoms with E-state index in [1.165, 1.54) is 10.5 Å². The van der Waals surface area contributed by atoms with Gasteiger partial charge in [-0.15, -0.1) is 11.3 Å². The predicted octanol–water partition coefficient (Wildman–Crippen LogP) is 3.61. The number of carbonyl (C=O) groups excluding carboxylic acids is 1. The van der Waals surface area contributed by atoms with Gasteiger partial charge in [-0.3, -0.25) is 4.79 Å². The SMILES string of the molecule is O=C1C=CC2(C=C1)CCC=C2c1cccs1. The first-order valence-electron chi connectivity index (χ1n) is 5.47. The number of hydrogen-bond acceptors (Lipinski definition) is 2. The van der Waals surface area contributed by atoms with E-state index in [1.807, 2.05) is 0 Å². The fourth-order valence-electron chi connectivity index (χ4n) is 2.46. The molecule has 1 nitrogen and oxygen atoms in total. The zero-order chi connectivity index (χ0) is 11.0. The zero-order valence-corrected chi connectivity index (χ0v) is 9.67. The summed E-state index contributed by atoms with van der Waals surface area (Å²) in [6.07, 6.45) is 12.0. The van der Waals surface area contributed by atoms with Gasteiger partial charge in [0.15, 0.2) is 5.78 Å². The summed E-state index contributed by atoms with van der Waals surface area (Å²) in [5, 5.41) is 2.10. The van der Waals surface area contributed by atoms with Crippen LogP contribution in [-0.4, -0.2) is 5.78 Å². The van der Waals surface area contributed by atoms with Gasteiger partial charge in [0, 0.05) is 10.3 Å². The molecule has 0 saturated heterocycles. The zero-order valence-electron chi connectivity index (χ0n) is 8.85. The van der Waals surface area contributed by atoms with Crippen LogP contribution >= 0.6 is 11.3 Å². The highest BCUT2D eigenvalue weighted by Crippen LogP contribution is 2.49. The minimum absolute atomic E-state index is 0.0151. The number of allylic oxidation sites excluding steroid dienone is 6. The summed E-state index contributed by atoms with van der Waals surface area (Å²) in [6.45, 7) is 0. The van der Waals surface area contributed by atoms with Gasteiger partial charge >= 0.3 is 0 Å². The molecule has 1 aromatic heterocycles. The maximum Gasteiger partial charge on any atom is 0.178 e. The van der Waals surface area contributed by atoms with Crippen molar-refractivity contribution in [2.45, 2.75) is 12.8 Å². The molecule has 1 aromatic rings. The van der Waals surface area contributed by atoms with Gasteiger partial charge in [0.25, 0.3) is 0 Å².